The Bertz CT molecular complexity index is 1210. The van der Waals surface area contributed by atoms with E-state index >= 15 is 0 Å². The van der Waals surface area contributed by atoms with Crippen LogP contribution in [0.25, 0.3) is 0 Å². The van der Waals surface area contributed by atoms with Gasteiger partial charge < -0.3 is 0 Å². The van der Waals surface area contributed by atoms with E-state index in [4.69, 9.17) is 0 Å². The van der Waals surface area contributed by atoms with Crippen molar-refractivity contribution in [2.75, 3.05) is 0 Å². The summed E-state index contributed by atoms with van der Waals surface area (Å²) >= 11 is 0. The predicted molar refractivity (Wildman–Crippen MR) is 132 cm³/mol. The number of benzene rings is 4. The van der Waals surface area contributed by atoms with Gasteiger partial charge in [0.25, 0.3) is 5.91 Å². The third kappa shape index (κ3) is 3.23. The Morgan fingerprint density at radius 2 is 0.906 bits per heavy atom. The molecule has 32 heavy (non-hydrogen) atoms. The molecule has 3 nitrogen and oxygen atoms in total. The van der Waals surface area contributed by atoms with Gasteiger partial charge in [-0.3, -0.25) is 14.9 Å². The zero-order valence-electron chi connectivity index (χ0n) is 17.4. The molecule has 4 heteroatoms. The van der Waals surface area contributed by atoms with Gasteiger partial charge in [0.15, 0.2) is 0 Å². The van der Waals surface area contributed by atoms with Crippen molar-refractivity contribution in [3.05, 3.63) is 127 Å². The molecule has 1 fully saturated rings. The average molecular weight is 435 g/mol. The third-order valence-electron chi connectivity index (χ3n) is 5.93. The van der Waals surface area contributed by atoms with Crippen molar-refractivity contribution in [3.8, 4) is 0 Å². The van der Waals surface area contributed by atoms with E-state index < -0.39 is 12.8 Å². The van der Waals surface area contributed by atoms with Crippen LogP contribution in [0.5, 0.6) is 0 Å². The molecule has 1 heterocycles. The first-order chi connectivity index (χ1) is 15.7. The molecule has 4 aromatic carbocycles. The summed E-state index contributed by atoms with van der Waals surface area (Å²) in [5, 5.41) is 6.44. The maximum Gasteiger partial charge on any atom is 0.256 e. The first-order valence-electron chi connectivity index (χ1n) is 10.6. The normalized spacial score (nSPS) is 16.1. The van der Waals surface area contributed by atoms with E-state index in [0.29, 0.717) is 5.29 Å². The van der Waals surface area contributed by atoms with E-state index in [1.54, 1.807) is 0 Å². The quantitative estimate of drug-likeness (QED) is 0.393. The Morgan fingerprint density at radius 1 is 0.531 bits per heavy atom. The highest BCUT2D eigenvalue weighted by atomic mass is 31.2. The average Bonchev–Trinajstić information content (AvgIpc) is 3.16. The van der Waals surface area contributed by atoms with Crippen LogP contribution < -0.4 is 21.2 Å². The summed E-state index contributed by atoms with van der Waals surface area (Å²) in [6.45, 7) is -2.63. The second-order valence-corrected chi connectivity index (χ2v) is 11.1. The number of carbonyl (C=O) groups is 2. The topological polar surface area (TPSA) is 46.2 Å². The molecule has 1 unspecified atom stereocenters. The Morgan fingerprint density at radius 3 is 1.31 bits per heavy atom. The van der Waals surface area contributed by atoms with Gasteiger partial charge in [-0.05, 0) is 28.4 Å². The zero-order valence-corrected chi connectivity index (χ0v) is 18.3. The lowest BCUT2D eigenvalue weighted by Gasteiger charge is -2.32. The molecular formula is C28H22NO2P. The maximum absolute atomic E-state index is 13.6. The number of hydrogen-bond donors (Lipinski definition) is 1. The predicted octanol–water partition coefficient (Wildman–Crippen LogP) is 3.59. The molecule has 1 aliphatic rings. The molecule has 5 rings (SSSR count). The Hall–Kier alpha value is -3.68. The van der Waals surface area contributed by atoms with Gasteiger partial charge in [-0.15, -0.1) is 0 Å². The largest absolute Gasteiger partial charge is 0.292 e. The Balaban J connectivity index is 2.02. The monoisotopic (exact) mass is 435 g/mol. The second kappa shape index (κ2) is 8.45. The molecular weight excluding hydrogens is 413 g/mol. The van der Waals surface area contributed by atoms with Gasteiger partial charge in [-0.2, -0.15) is 0 Å². The minimum absolute atomic E-state index is 0.261. The first kappa shape index (κ1) is 20.2. The fraction of sp³-hybridized carbons (Fsp3) is 0.0357. The molecule has 0 spiro atoms. The van der Waals surface area contributed by atoms with Gasteiger partial charge in [0.1, 0.15) is 0 Å². The van der Waals surface area contributed by atoms with Gasteiger partial charge in [0.05, 0.1) is 5.92 Å². The lowest BCUT2D eigenvalue weighted by atomic mass is 9.98. The fourth-order valence-corrected chi connectivity index (χ4v) is 9.22. The standard InChI is InChI=1S/C28H22NO2P/c30-27-25(21-13-5-1-6-14-21)26(28(31)29-27)32(22-15-7-2-8-16-22,23-17-9-3-10-18-23)24-19-11-4-12-20-24/h1-20,25H,(H,29,30,31). The summed E-state index contributed by atoms with van der Waals surface area (Å²) in [6, 6.07) is 40.1. The van der Waals surface area contributed by atoms with E-state index in [-0.39, 0.29) is 11.8 Å². The Labute approximate surface area is 187 Å². The van der Waals surface area contributed by atoms with Gasteiger partial charge in [0.2, 0.25) is 5.91 Å². The van der Waals surface area contributed by atoms with Gasteiger partial charge in [-0.1, -0.05) is 121 Å². The van der Waals surface area contributed by atoms with Crippen molar-refractivity contribution >= 4 is 39.9 Å². The van der Waals surface area contributed by atoms with Crippen LogP contribution in [0.3, 0.4) is 0 Å². The summed E-state index contributed by atoms with van der Waals surface area (Å²) < 4.78 is 0. The van der Waals surface area contributed by atoms with Crippen LogP contribution in [0.2, 0.25) is 0 Å². The number of hydrogen-bond acceptors (Lipinski definition) is 2. The van der Waals surface area contributed by atoms with Crippen LogP contribution in [0.4, 0.5) is 0 Å². The van der Waals surface area contributed by atoms with Crippen LogP contribution in [-0.4, -0.2) is 17.1 Å². The highest BCUT2D eigenvalue weighted by Gasteiger charge is 2.45. The van der Waals surface area contributed by atoms with E-state index in [9.17, 15) is 9.59 Å². The van der Waals surface area contributed by atoms with E-state index in [1.807, 2.05) is 84.9 Å². The van der Waals surface area contributed by atoms with Gasteiger partial charge in [0, 0.05) is 5.29 Å². The molecule has 156 valence electrons. The summed E-state index contributed by atoms with van der Waals surface area (Å²) in [5.74, 6) is -1.19. The molecule has 0 aromatic heterocycles. The Kier molecular flexibility index (Phi) is 5.34. The summed E-state index contributed by atoms with van der Waals surface area (Å²) in [6.07, 6.45) is 0. The third-order valence-corrected chi connectivity index (χ3v) is 10.3. The van der Waals surface area contributed by atoms with Crippen molar-refractivity contribution in [2.24, 2.45) is 0 Å². The van der Waals surface area contributed by atoms with E-state index in [2.05, 4.69) is 41.7 Å². The molecule has 1 aliphatic heterocycles. The first-order valence-corrected chi connectivity index (χ1v) is 12.4. The molecule has 0 aliphatic carbocycles. The van der Waals surface area contributed by atoms with Gasteiger partial charge >= 0.3 is 0 Å². The van der Waals surface area contributed by atoms with Crippen molar-refractivity contribution in [1.82, 2.24) is 5.32 Å². The SMILES string of the molecule is O=C1NC(=O)C(c2ccccc2)C1=P(c1ccccc1)(c1ccccc1)c1ccccc1. The molecule has 1 N–H and O–H groups in total. The smallest absolute Gasteiger partial charge is 0.256 e. The van der Waals surface area contributed by atoms with Crippen LogP contribution >= 0.6 is 6.89 Å². The zero-order chi connectivity index (χ0) is 22.0. The number of rotatable bonds is 4. The number of nitrogens with one attached hydrogen (secondary N) is 1. The maximum atomic E-state index is 13.6. The van der Waals surface area contributed by atoms with E-state index in [1.165, 1.54) is 0 Å². The van der Waals surface area contributed by atoms with Crippen LogP contribution in [0.1, 0.15) is 11.5 Å². The molecule has 1 atom stereocenters. The molecule has 0 radical (unpaired) electrons. The summed E-state index contributed by atoms with van der Waals surface area (Å²) in [4.78, 5) is 26.8. The lowest BCUT2D eigenvalue weighted by molar-refractivity contribution is -0.124. The van der Waals surface area contributed by atoms with Crippen molar-refractivity contribution < 1.29 is 9.59 Å². The van der Waals surface area contributed by atoms with Crippen molar-refractivity contribution in [3.63, 3.8) is 0 Å². The van der Waals surface area contributed by atoms with Gasteiger partial charge in [-0.25, -0.2) is 0 Å². The molecule has 0 saturated carbocycles. The van der Waals surface area contributed by atoms with E-state index in [0.717, 1.165) is 21.5 Å². The minimum Gasteiger partial charge on any atom is -0.292 e. The number of amides is 2. The fourth-order valence-electron chi connectivity index (χ4n) is 4.62. The van der Waals surface area contributed by atoms with Crippen molar-refractivity contribution in [1.29, 1.82) is 0 Å². The number of imide groups is 1. The molecule has 0 bridgehead atoms. The van der Waals surface area contributed by atoms with Crippen molar-refractivity contribution in [2.45, 2.75) is 5.92 Å². The lowest BCUT2D eigenvalue weighted by Crippen LogP contribution is -2.34. The highest BCUT2D eigenvalue weighted by Crippen LogP contribution is 2.50. The summed E-state index contributed by atoms with van der Waals surface area (Å²) in [5.41, 5.74) is 0.831. The minimum atomic E-state index is -2.63. The highest BCUT2D eigenvalue weighted by molar-refractivity contribution is 7.96. The molecule has 4 aromatic rings. The number of carbonyl (C=O) groups excluding carboxylic acids is 2. The summed E-state index contributed by atoms with van der Waals surface area (Å²) in [7, 11) is 0. The van der Waals surface area contributed by atoms with Crippen LogP contribution in [0.15, 0.2) is 121 Å². The molecule has 2 amide bonds. The molecule has 1 saturated heterocycles. The second-order valence-electron chi connectivity index (χ2n) is 7.72. The van der Waals surface area contributed by atoms with Crippen LogP contribution in [-0.2, 0) is 9.59 Å². The van der Waals surface area contributed by atoms with Crippen LogP contribution in [0, 0.1) is 0 Å².